The first-order chi connectivity index (χ1) is 9.47. The van der Waals surface area contributed by atoms with Crippen LogP contribution in [0.2, 0.25) is 0 Å². The summed E-state index contributed by atoms with van der Waals surface area (Å²) < 4.78 is 2.17. The number of imidazole rings is 1. The predicted molar refractivity (Wildman–Crippen MR) is 81.5 cm³/mol. The van der Waals surface area contributed by atoms with Gasteiger partial charge in [-0.05, 0) is 46.2 Å². The summed E-state index contributed by atoms with van der Waals surface area (Å²) in [5.74, 6) is 0.605. The number of likely N-dealkylation sites (tertiary alicyclic amines) is 1. The summed E-state index contributed by atoms with van der Waals surface area (Å²) in [6, 6.07) is 2.31. The van der Waals surface area contributed by atoms with Crippen molar-refractivity contribution < 1.29 is 0 Å². The highest BCUT2D eigenvalue weighted by atomic mass is 15.3. The lowest BCUT2D eigenvalue weighted by Gasteiger charge is -2.42. The van der Waals surface area contributed by atoms with Gasteiger partial charge >= 0.3 is 0 Å². The highest BCUT2D eigenvalue weighted by Crippen LogP contribution is 2.31. The zero-order valence-corrected chi connectivity index (χ0v) is 12.5. The number of aromatic nitrogens is 3. The highest BCUT2D eigenvalue weighted by Gasteiger charge is 2.30. The van der Waals surface area contributed by atoms with Crippen molar-refractivity contribution in [2.45, 2.75) is 45.2 Å². The second-order valence-electron chi connectivity index (χ2n) is 6.62. The van der Waals surface area contributed by atoms with Crippen LogP contribution in [-0.4, -0.2) is 38.1 Å². The standard InChI is InChI=1S/C15H23N5/c1-15(2,3)19-8-4-5-11(10-19)20-13-9-17-7-6-12(13)18-14(20)16/h6-7,9,11H,4-5,8,10H2,1-3H3,(H2,16,18). The minimum atomic E-state index is 0.196. The van der Waals surface area contributed by atoms with Crippen LogP contribution in [0.3, 0.4) is 0 Å². The third-order valence-electron chi connectivity index (χ3n) is 4.23. The van der Waals surface area contributed by atoms with E-state index in [-0.39, 0.29) is 5.54 Å². The number of rotatable bonds is 1. The Morgan fingerprint density at radius 2 is 2.15 bits per heavy atom. The van der Waals surface area contributed by atoms with Crippen LogP contribution >= 0.6 is 0 Å². The van der Waals surface area contributed by atoms with E-state index < -0.39 is 0 Å². The lowest BCUT2D eigenvalue weighted by atomic mass is 9.98. The van der Waals surface area contributed by atoms with Crippen LogP contribution in [0.5, 0.6) is 0 Å². The van der Waals surface area contributed by atoms with Crippen LogP contribution in [0.25, 0.3) is 11.0 Å². The number of hydrogen-bond acceptors (Lipinski definition) is 4. The summed E-state index contributed by atoms with van der Waals surface area (Å²) in [5, 5.41) is 0. The van der Waals surface area contributed by atoms with Crippen molar-refractivity contribution in [3.8, 4) is 0 Å². The first-order valence-electron chi connectivity index (χ1n) is 7.29. The Labute approximate surface area is 119 Å². The monoisotopic (exact) mass is 273 g/mol. The van der Waals surface area contributed by atoms with Crippen molar-refractivity contribution in [2.75, 3.05) is 18.8 Å². The fraction of sp³-hybridized carbons (Fsp3) is 0.600. The van der Waals surface area contributed by atoms with E-state index in [9.17, 15) is 0 Å². The van der Waals surface area contributed by atoms with Gasteiger partial charge in [-0.25, -0.2) is 4.98 Å². The molecule has 108 valence electrons. The molecule has 2 aromatic heterocycles. The number of hydrogen-bond donors (Lipinski definition) is 1. The van der Waals surface area contributed by atoms with Crippen LogP contribution < -0.4 is 5.73 Å². The Bertz CT molecular complexity index is 610. The van der Waals surface area contributed by atoms with Crippen LogP contribution in [0.15, 0.2) is 18.5 Å². The van der Waals surface area contributed by atoms with E-state index in [2.05, 4.69) is 40.2 Å². The molecule has 1 fully saturated rings. The summed E-state index contributed by atoms with van der Waals surface area (Å²) >= 11 is 0. The molecule has 0 radical (unpaired) electrons. The minimum absolute atomic E-state index is 0.196. The fourth-order valence-corrected chi connectivity index (χ4v) is 3.12. The van der Waals surface area contributed by atoms with Crippen LogP contribution in [0.1, 0.15) is 39.7 Å². The molecule has 1 aliphatic rings. The largest absolute Gasteiger partial charge is 0.369 e. The van der Waals surface area contributed by atoms with E-state index in [0.29, 0.717) is 12.0 Å². The number of nitrogen functional groups attached to an aromatic ring is 1. The van der Waals surface area contributed by atoms with Crippen LogP contribution in [-0.2, 0) is 0 Å². The molecule has 0 spiro atoms. The molecule has 1 atom stereocenters. The van der Waals surface area contributed by atoms with Gasteiger partial charge in [-0.3, -0.25) is 9.88 Å². The van der Waals surface area contributed by atoms with Gasteiger partial charge in [0.25, 0.3) is 0 Å². The SMILES string of the molecule is CC(C)(C)N1CCCC(n2c(N)nc3ccncc32)C1. The molecule has 5 nitrogen and oxygen atoms in total. The van der Waals surface area contributed by atoms with Gasteiger partial charge in [-0.2, -0.15) is 0 Å². The molecule has 1 unspecified atom stereocenters. The van der Waals surface area contributed by atoms with Gasteiger partial charge in [0.2, 0.25) is 5.95 Å². The van der Waals surface area contributed by atoms with Crippen molar-refractivity contribution in [3.05, 3.63) is 18.5 Å². The first-order valence-corrected chi connectivity index (χ1v) is 7.29. The summed E-state index contributed by atoms with van der Waals surface area (Å²) in [6.45, 7) is 8.99. The maximum absolute atomic E-state index is 6.14. The molecule has 5 heteroatoms. The Morgan fingerprint density at radius 3 is 2.90 bits per heavy atom. The Kier molecular flexibility index (Phi) is 3.17. The molecule has 1 saturated heterocycles. The van der Waals surface area contributed by atoms with Gasteiger partial charge in [0.15, 0.2) is 0 Å². The van der Waals surface area contributed by atoms with Gasteiger partial charge in [0.1, 0.15) is 0 Å². The molecule has 3 heterocycles. The number of nitrogens with two attached hydrogens (primary N) is 1. The smallest absolute Gasteiger partial charge is 0.201 e. The number of piperidine rings is 1. The van der Waals surface area contributed by atoms with Crippen molar-refractivity contribution in [1.82, 2.24) is 19.4 Å². The molecule has 0 aliphatic carbocycles. The topological polar surface area (TPSA) is 60.0 Å². The normalized spacial score (nSPS) is 21.4. The highest BCUT2D eigenvalue weighted by molar-refractivity contribution is 5.77. The fourth-order valence-electron chi connectivity index (χ4n) is 3.12. The summed E-state index contributed by atoms with van der Waals surface area (Å²) in [4.78, 5) is 11.2. The quantitative estimate of drug-likeness (QED) is 0.867. The molecule has 0 amide bonds. The van der Waals surface area contributed by atoms with E-state index in [1.807, 2.05) is 12.3 Å². The lowest BCUT2D eigenvalue weighted by Crippen LogP contribution is -2.47. The van der Waals surface area contributed by atoms with Gasteiger partial charge in [-0.1, -0.05) is 0 Å². The number of anilines is 1. The predicted octanol–water partition coefficient (Wildman–Crippen LogP) is 2.45. The van der Waals surface area contributed by atoms with E-state index in [1.54, 1.807) is 6.20 Å². The zero-order valence-electron chi connectivity index (χ0n) is 12.5. The summed E-state index contributed by atoms with van der Waals surface area (Å²) in [6.07, 6.45) is 5.98. The molecule has 0 saturated carbocycles. The first kappa shape index (κ1) is 13.4. The van der Waals surface area contributed by atoms with Gasteiger partial charge < -0.3 is 10.3 Å². The van der Waals surface area contributed by atoms with Crippen LogP contribution in [0, 0.1) is 0 Å². The molecular weight excluding hydrogens is 250 g/mol. The summed E-state index contributed by atoms with van der Waals surface area (Å²) in [5.41, 5.74) is 8.32. The maximum Gasteiger partial charge on any atom is 0.201 e. The van der Waals surface area contributed by atoms with Crippen molar-refractivity contribution in [2.24, 2.45) is 0 Å². The van der Waals surface area contributed by atoms with Crippen molar-refractivity contribution in [1.29, 1.82) is 0 Å². The van der Waals surface area contributed by atoms with Gasteiger partial charge in [0.05, 0.1) is 17.2 Å². The average molecular weight is 273 g/mol. The average Bonchev–Trinajstić information content (AvgIpc) is 2.73. The zero-order chi connectivity index (χ0) is 14.3. The number of nitrogens with zero attached hydrogens (tertiary/aromatic N) is 4. The van der Waals surface area contributed by atoms with Gasteiger partial charge in [0, 0.05) is 24.3 Å². The Hall–Kier alpha value is -1.62. The van der Waals surface area contributed by atoms with Crippen molar-refractivity contribution >= 4 is 17.0 Å². The molecule has 2 N–H and O–H groups in total. The molecule has 1 aliphatic heterocycles. The molecule has 2 aromatic rings. The molecule has 0 bridgehead atoms. The van der Waals surface area contributed by atoms with Crippen LogP contribution in [0.4, 0.5) is 5.95 Å². The second-order valence-corrected chi connectivity index (χ2v) is 6.62. The number of fused-ring (bicyclic) bond motifs is 1. The number of pyridine rings is 1. The molecule has 3 rings (SSSR count). The van der Waals surface area contributed by atoms with E-state index in [0.717, 1.165) is 30.5 Å². The van der Waals surface area contributed by atoms with E-state index in [4.69, 9.17) is 5.73 Å². The Morgan fingerprint density at radius 1 is 1.35 bits per heavy atom. The molecule has 20 heavy (non-hydrogen) atoms. The van der Waals surface area contributed by atoms with Crippen molar-refractivity contribution in [3.63, 3.8) is 0 Å². The van der Waals surface area contributed by atoms with E-state index in [1.165, 1.54) is 6.42 Å². The maximum atomic E-state index is 6.14. The van der Waals surface area contributed by atoms with Gasteiger partial charge in [-0.15, -0.1) is 0 Å². The second kappa shape index (κ2) is 4.74. The molecular formula is C15H23N5. The summed E-state index contributed by atoms with van der Waals surface area (Å²) in [7, 11) is 0. The van der Waals surface area contributed by atoms with E-state index >= 15 is 0 Å². The third-order valence-corrected chi connectivity index (χ3v) is 4.23. The minimum Gasteiger partial charge on any atom is -0.369 e. The Balaban J connectivity index is 1.96. The third kappa shape index (κ3) is 2.26. The molecule has 0 aromatic carbocycles. The lowest BCUT2D eigenvalue weighted by molar-refractivity contribution is 0.0837.